The number of sulfone groups is 1. The number of hydrogen-bond acceptors (Lipinski definition) is 3. The minimum Gasteiger partial charge on any atom is -0.357 e. The van der Waals surface area contributed by atoms with E-state index in [1.54, 1.807) is 0 Å². The van der Waals surface area contributed by atoms with E-state index in [9.17, 15) is 8.42 Å². The Hall–Kier alpha value is -1.56. The summed E-state index contributed by atoms with van der Waals surface area (Å²) in [4.78, 5) is 4.60. The van der Waals surface area contributed by atoms with Gasteiger partial charge in [-0.3, -0.25) is 0 Å². The zero-order valence-electron chi connectivity index (χ0n) is 15.5. The molecule has 1 aromatic rings. The first-order valence-electron chi connectivity index (χ1n) is 8.37. The van der Waals surface area contributed by atoms with Gasteiger partial charge in [-0.15, -0.1) is 0 Å². The van der Waals surface area contributed by atoms with Crippen molar-refractivity contribution in [2.45, 2.75) is 40.7 Å². The molecule has 5 nitrogen and oxygen atoms in total. The Bertz CT molecular complexity index is 635. The maximum atomic E-state index is 11.3. The molecule has 0 aliphatic carbocycles. The SMILES string of the molecule is CCNC(=NCc1ccc(C)cc1)NCC(C)(C)CCS(C)(=O)=O. The van der Waals surface area contributed by atoms with Gasteiger partial charge in [0.15, 0.2) is 5.96 Å². The second kappa shape index (κ2) is 9.06. The summed E-state index contributed by atoms with van der Waals surface area (Å²) < 4.78 is 22.7. The molecule has 0 saturated carbocycles. The smallest absolute Gasteiger partial charge is 0.191 e. The molecule has 136 valence electrons. The minimum absolute atomic E-state index is 0.122. The van der Waals surface area contributed by atoms with E-state index in [1.165, 1.54) is 11.8 Å². The zero-order valence-corrected chi connectivity index (χ0v) is 16.3. The van der Waals surface area contributed by atoms with Crippen LogP contribution in [0.2, 0.25) is 0 Å². The fraction of sp³-hybridized carbons (Fsp3) is 0.611. The lowest BCUT2D eigenvalue weighted by Crippen LogP contribution is -2.42. The first-order valence-corrected chi connectivity index (χ1v) is 10.4. The molecular weight excluding hydrogens is 322 g/mol. The highest BCUT2D eigenvalue weighted by Gasteiger charge is 2.20. The van der Waals surface area contributed by atoms with E-state index in [0.29, 0.717) is 19.5 Å². The van der Waals surface area contributed by atoms with Crippen LogP contribution in [0, 0.1) is 12.3 Å². The summed E-state index contributed by atoms with van der Waals surface area (Å²) in [6.45, 7) is 10.3. The van der Waals surface area contributed by atoms with Gasteiger partial charge in [-0.25, -0.2) is 13.4 Å². The average Bonchev–Trinajstić information content (AvgIpc) is 2.49. The maximum absolute atomic E-state index is 11.3. The predicted octanol–water partition coefficient (Wildman–Crippen LogP) is 2.51. The Morgan fingerprint density at radius 3 is 2.33 bits per heavy atom. The summed E-state index contributed by atoms with van der Waals surface area (Å²) in [6.07, 6.45) is 1.90. The van der Waals surface area contributed by atoms with E-state index >= 15 is 0 Å². The maximum Gasteiger partial charge on any atom is 0.191 e. The topological polar surface area (TPSA) is 70.6 Å². The predicted molar refractivity (Wildman–Crippen MR) is 102 cm³/mol. The van der Waals surface area contributed by atoms with Crippen molar-refractivity contribution in [1.82, 2.24) is 10.6 Å². The number of aryl methyl sites for hydroxylation is 1. The van der Waals surface area contributed by atoms with Crippen LogP contribution in [-0.2, 0) is 16.4 Å². The van der Waals surface area contributed by atoms with Crippen molar-refractivity contribution in [2.75, 3.05) is 25.1 Å². The largest absolute Gasteiger partial charge is 0.357 e. The molecular formula is C18H31N3O2S. The van der Waals surface area contributed by atoms with E-state index in [4.69, 9.17) is 0 Å². The normalized spacial score (nSPS) is 13.0. The molecule has 2 N–H and O–H groups in total. The van der Waals surface area contributed by atoms with Crippen LogP contribution in [0.15, 0.2) is 29.3 Å². The number of guanidine groups is 1. The molecule has 0 aromatic heterocycles. The van der Waals surface area contributed by atoms with Gasteiger partial charge < -0.3 is 10.6 Å². The fourth-order valence-electron chi connectivity index (χ4n) is 2.08. The van der Waals surface area contributed by atoms with Crippen molar-refractivity contribution in [3.63, 3.8) is 0 Å². The van der Waals surface area contributed by atoms with Crippen molar-refractivity contribution in [2.24, 2.45) is 10.4 Å². The Morgan fingerprint density at radius 2 is 1.79 bits per heavy atom. The third-order valence-corrected chi connectivity index (χ3v) is 4.71. The quantitative estimate of drug-likeness (QED) is 0.556. The van der Waals surface area contributed by atoms with Gasteiger partial charge in [-0.05, 0) is 31.2 Å². The highest BCUT2D eigenvalue weighted by molar-refractivity contribution is 7.90. The van der Waals surface area contributed by atoms with Crippen molar-refractivity contribution < 1.29 is 8.42 Å². The second-order valence-corrected chi connectivity index (χ2v) is 9.34. The number of rotatable bonds is 8. The van der Waals surface area contributed by atoms with Gasteiger partial charge in [0, 0.05) is 19.3 Å². The Labute approximate surface area is 146 Å². The lowest BCUT2D eigenvalue weighted by molar-refractivity contribution is 0.348. The highest BCUT2D eigenvalue weighted by Crippen LogP contribution is 2.19. The van der Waals surface area contributed by atoms with Crippen LogP contribution in [0.5, 0.6) is 0 Å². The first-order chi connectivity index (χ1) is 11.1. The Balaban J connectivity index is 2.61. The molecule has 0 bridgehead atoms. The highest BCUT2D eigenvalue weighted by atomic mass is 32.2. The molecule has 0 aliphatic heterocycles. The number of hydrogen-bond donors (Lipinski definition) is 2. The summed E-state index contributed by atoms with van der Waals surface area (Å²) in [5.74, 6) is 0.962. The van der Waals surface area contributed by atoms with Crippen molar-refractivity contribution in [3.8, 4) is 0 Å². The first kappa shape index (κ1) is 20.5. The lowest BCUT2D eigenvalue weighted by atomic mass is 9.90. The molecule has 24 heavy (non-hydrogen) atoms. The van der Waals surface area contributed by atoms with E-state index < -0.39 is 9.84 Å². The van der Waals surface area contributed by atoms with Crippen LogP contribution >= 0.6 is 0 Å². The third kappa shape index (κ3) is 8.91. The molecule has 0 saturated heterocycles. The van der Waals surface area contributed by atoms with Gasteiger partial charge in [0.1, 0.15) is 9.84 Å². The van der Waals surface area contributed by atoms with Gasteiger partial charge >= 0.3 is 0 Å². The van der Waals surface area contributed by atoms with E-state index in [0.717, 1.165) is 18.1 Å². The van der Waals surface area contributed by atoms with Gasteiger partial charge in [0.2, 0.25) is 0 Å². The standard InChI is InChI=1S/C18H31N3O2S/c1-6-19-17(20-13-16-9-7-15(2)8-10-16)21-14-18(3,4)11-12-24(5,22)23/h7-10H,6,11-14H2,1-5H3,(H2,19,20,21). The molecule has 0 radical (unpaired) electrons. The molecule has 1 rings (SSSR count). The van der Waals surface area contributed by atoms with Crippen LogP contribution in [0.25, 0.3) is 0 Å². The molecule has 1 aromatic carbocycles. The number of aliphatic imine (C=N–C) groups is 1. The molecule has 0 fully saturated rings. The van der Waals surface area contributed by atoms with E-state index in [1.807, 2.05) is 6.92 Å². The monoisotopic (exact) mass is 353 g/mol. The molecule has 6 heteroatoms. The van der Waals surface area contributed by atoms with Crippen LogP contribution in [-0.4, -0.2) is 39.5 Å². The summed E-state index contributed by atoms with van der Waals surface area (Å²) >= 11 is 0. The minimum atomic E-state index is -2.93. The summed E-state index contributed by atoms with van der Waals surface area (Å²) in [6, 6.07) is 8.33. The number of benzene rings is 1. The Morgan fingerprint density at radius 1 is 1.17 bits per heavy atom. The van der Waals surface area contributed by atoms with Crippen LogP contribution in [0.3, 0.4) is 0 Å². The van der Waals surface area contributed by atoms with Crippen LogP contribution in [0.4, 0.5) is 0 Å². The molecule has 0 atom stereocenters. The summed E-state index contributed by atoms with van der Waals surface area (Å²) in [7, 11) is -2.93. The third-order valence-electron chi connectivity index (χ3n) is 3.77. The zero-order chi connectivity index (χ0) is 18.2. The van der Waals surface area contributed by atoms with Gasteiger partial charge in [0.05, 0.1) is 12.3 Å². The summed E-state index contributed by atoms with van der Waals surface area (Å²) in [5, 5.41) is 6.55. The van der Waals surface area contributed by atoms with Crippen molar-refractivity contribution in [3.05, 3.63) is 35.4 Å². The van der Waals surface area contributed by atoms with Gasteiger partial charge in [-0.1, -0.05) is 43.7 Å². The van der Waals surface area contributed by atoms with Gasteiger partial charge in [-0.2, -0.15) is 0 Å². The second-order valence-electron chi connectivity index (χ2n) is 7.08. The van der Waals surface area contributed by atoms with Crippen LogP contribution in [0.1, 0.15) is 38.3 Å². The van der Waals surface area contributed by atoms with E-state index in [-0.39, 0.29) is 11.2 Å². The Kier molecular flexibility index (Phi) is 7.73. The van der Waals surface area contributed by atoms with Crippen LogP contribution < -0.4 is 10.6 Å². The fourth-order valence-corrected chi connectivity index (χ4v) is 3.00. The molecule has 0 heterocycles. The van der Waals surface area contributed by atoms with Gasteiger partial charge in [0.25, 0.3) is 0 Å². The molecule has 0 amide bonds. The molecule has 0 aliphatic rings. The van der Waals surface area contributed by atoms with E-state index in [2.05, 4.69) is 60.7 Å². The van der Waals surface area contributed by atoms with Crippen molar-refractivity contribution in [1.29, 1.82) is 0 Å². The average molecular weight is 354 g/mol. The van der Waals surface area contributed by atoms with Crippen molar-refractivity contribution >= 4 is 15.8 Å². The number of nitrogens with one attached hydrogen (secondary N) is 2. The lowest BCUT2D eigenvalue weighted by Gasteiger charge is -2.25. The summed E-state index contributed by atoms with van der Waals surface area (Å²) in [5.41, 5.74) is 2.28. The number of nitrogens with zero attached hydrogens (tertiary/aromatic N) is 1. The molecule has 0 unspecified atom stereocenters. The molecule has 0 spiro atoms.